The quantitative estimate of drug-likeness (QED) is 0.535. The van der Waals surface area contributed by atoms with Crippen molar-refractivity contribution in [2.75, 3.05) is 39.4 Å². The molecule has 0 aliphatic carbocycles. The molecule has 6 heteroatoms. The fraction of sp³-hybridized carbons (Fsp3) is 0.448. The number of imidazole rings is 1. The SMILES string of the molecule is CCc1ccc(C2CC(c3cn(Cc4cccc(C)c4)cn3)CN(C(=O)N3CCOCC3)C2)cc1. The van der Waals surface area contributed by atoms with Crippen molar-refractivity contribution in [1.29, 1.82) is 0 Å². The zero-order chi connectivity index (χ0) is 24.2. The lowest BCUT2D eigenvalue weighted by Gasteiger charge is -2.40. The van der Waals surface area contributed by atoms with Crippen LogP contribution in [0.2, 0.25) is 0 Å². The van der Waals surface area contributed by atoms with Crippen LogP contribution in [-0.4, -0.2) is 64.8 Å². The average Bonchev–Trinajstić information content (AvgIpc) is 3.37. The smallest absolute Gasteiger partial charge is 0.320 e. The first-order valence-electron chi connectivity index (χ1n) is 12.9. The topological polar surface area (TPSA) is 50.6 Å². The Morgan fingerprint density at radius 2 is 1.77 bits per heavy atom. The van der Waals surface area contributed by atoms with Crippen LogP contribution in [0.3, 0.4) is 0 Å². The Balaban J connectivity index is 1.37. The summed E-state index contributed by atoms with van der Waals surface area (Å²) in [7, 11) is 0. The summed E-state index contributed by atoms with van der Waals surface area (Å²) >= 11 is 0. The third-order valence-corrected chi connectivity index (χ3v) is 7.38. The van der Waals surface area contributed by atoms with Crippen LogP contribution in [0.1, 0.15) is 53.1 Å². The number of hydrogen-bond donors (Lipinski definition) is 0. The van der Waals surface area contributed by atoms with E-state index in [9.17, 15) is 4.79 Å². The van der Waals surface area contributed by atoms with Gasteiger partial charge in [-0.05, 0) is 36.5 Å². The van der Waals surface area contributed by atoms with E-state index >= 15 is 0 Å². The van der Waals surface area contributed by atoms with Gasteiger partial charge in [0.05, 0.1) is 25.2 Å². The number of urea groups is 1. The van der Waals surface area contributed by atoms with Crippen LogP contribution in [0.25, 0.3) is 0 Å². The first-order valence-corrected chi connectivity index (χ1v) is 12.9. The zero-order valence-corrected chi connectivity index (χ0v) is 20.9. The van der Waals surface area contributed by atoms with Crippen LogP contribution in [-0.2, 0) is 17.7 Å². The molecule has 2 aliphatic rings. The van der Waals surface area contributed by atoms with Gasteiger partial charge in [-0.3, -0.25) is 0 Å². The summed E-state index contributed by atoms with van der Waals surface area (Å²) < 4.78 is 7.64. The van der Waals surface area contributed by atoms with Crippen LogP contribution in [0.15, 0.2) is 61.1 Å². The highest BCUT2D eigenvalue weighted by molar-refractivity contribution is 5.75. The Hall–Kier alpha value is -3.12. The molecule has 6 nitrogen and oxygen atoms in total. The Morgan fingerprint density at radius 3 is 2.51 bits per heavy atom. The summed E-state index contributed by atoms with van der Waals surface area (Å²) in [5, 5.41) is 0. The molecule has 0 radical (unpaired) electrons. The van der Waals surface area contributed by atoms with Crippen LogP contribution in [0.5, 0.6) is 0 Å². The highest BCUT2D eigenvalue weighted by Gasteiger charge is 2.35. The van der Waals surface area contributed by atoms with Gasteiger partial charge in [-0.25, -0.2) is 9.78 Å². The summed E-state index contributed by atoms with van der Waals surface area (Å²) in [6.07, 6.45) is 6.14. The number of aromatic nitrogens is 2. The number of rotatable bonds is 5. The number of likely N-dealkylation sites (tertiary alicyclic amines) is 1. The van der Waals surface area contributed by atoms with Crippen molar-refractivity contribution in [3.63, 3.8) is 0 Å². The van der Waals surface area contributed by atoms with E-state index < -0.39 is 0 Å². The Morgan fingerprint density at radius 1 is 1.00 bits per heavy atom. The molecule has 2 unspecified atom stereocenters. The molecule has 2 fully saturated rings. The van der Waals surface area contributed by atoms with Gasteiger partial charge >= 0.3 is 6.03 Å². The van der Waals surface area contributed by atoms with Gasteiger partial charge in [-0.15, -0.1) is 0 Å². The minimum atomic E-state index is 0.132. The van der Waals surface area contributed by atoms with Crippen molar-refractivity contribution < 1.29 is 9.53 Å². The number of aryl methyl sites for hydroxylation is 2. The molecule has 2 amide bonds. The van der Waals surface area contributed by atoms with Crippen LogP contribution >= 0.6 is 0 Å². The maximum atomic E-state index is 13.5. The van der Waals surface area contributed by atoms with Gasteiger partial charge < -0.3 is 19.1 Å². The van der Waals surface area contributed by atoms with E-state index in [1.807, 2.05) is 11.2 Å². The van der Waals surface area contributed by atoms with Crippen LogP contribution in [0, 0.1) is 6.92 Å². The fourth-order valence-corrected chi connectivity index (χ4v) is 5.39. The number of nitrogens with zero attached hydrogens (tertiary/aromatic N) is 4. The predicted molar refractivity (Wildman–Crippen MR) is 138 cm³/mol. The number of carbonyl (C=O) groups excluding carboxylic acids is 1. The summed E-state index contributed by atoms with van der Waals surface area (Å²) in [5.41, 5.74) is 6.27. The second kappa shape index (κ2) is 10.6. The molecule has 5 rings (SSSR count). The van der Waals surface area contributed by atoms with Gasteiger partial charge in [0.15, 0.2) is 0 Å². The first kappa shape index (κ1) is 23.6. The first-order chi connectivity index (χ1) is 17.1. The van der Waals surface area contributed by atoms with Crippen molar-refractivity contribution in [1.82, 2.24) is 19.4 Å². The number of hydrogen-bond acceptors (Lipinski definition) is 3. The van der Waals surface area contributed by atoms with E-state index in [-0.39, 0.29) is 11.9 Å². The molecule has 0 saturated carbocycles. The molecule has 0 spiro atoms. The maximum absolute atomic E-state index is 13.5. The Kier molecular flexibility index (Phi) is 7.19. The lowest BCUT2D eigenvalue weighted by molar-refractivity contribution is 0.0398. The van der Waals surface area contributed by atoms with Crippen molar-refractivity contribution >= 4 is 6.03 Å². The van der Waals surface area contributed by atoms with Gasteiger partial charge in [-0.1, -0.05) is 61.0 Å². The Labute approximate surface area is 208 Å². The minimum absolute atomic E-state index is 0.132. The number of benzene rings is 2. The molecule has 2 aromatic carbocycles. The van der Waals surface area contributed by atoms with Crippen LogP contribution < -0.4 is 0 Å². The minimum Gasteiger partial charge on any atom is -0.378 e. The van der Waals surface area contributed by atoms with Gasteiger partial charge in [-0.2, -0.15) is 0 Å². The van der Waals surface area contributed by atoms with E-state index in [1.54, 1.807) is 0 Å². The molecule has 2 atom stereocenters. The number of ether oxygens (including phenoxy) is 1. The van der Waals surface area contributed by atoms with Gasteiger partial charge in [0.25, 0.3) is 0 Å². The van der Waals surface area contributed by atoms with E-state index in [1.165, 1.54) is 22.3 Å². The summed E-state index contributed by atoms with van der Waals surface area (Å²) in [6.45, 7) is 9.15. The van der Waals surface area contributed by atoms with E-state index in [0.29, 0.717) is 38.8 Å². The maximum Gasteiger partial charge on any atom is 0.320 e. The van der Waals surface area contributed by atoms with Crippen LogP contribution in [0.4, 0.5) is 4.79 Å². The molecule has 0 N–H and O–H groups in total. The second-order valence-corrected chi connectivity index (χ2v) is 9.97. The molecular formula is C29H36N4O2. The molecule has 2 saturated heterocycles. The zero-order valence-electron chi connectivity index (χ0n) is 20.9. The normalized spacial score (nSPS) is 20.7. The second-order valence-electron chi connectivity index (χ2n) is 9.97. The monoisotopic (exact) mass is 472 g/mol. The lowest BCUT2D eigenvalue weighted by Crippen LogP contribution is -2.52. The number of amides is 2. The molecule has 1 aromatic heterocycles. The van der Waals surface area contributed by atoms with E-state index in [0.717, 1.165) is 31.6 Å². The lowest BCUT2D eigenvalue weighted by atomic mass is 9.83. The molecular weight excluding hydrogens is 436 g/mol. The van der Waals surface area contributed by atoms with Crippen molar-refractivity contribution in [3.8, 4) is 0 Å². The Bertz CT molecular complexity index is 1130. The number of piperidine rings is 1. The highest BCUT2D eigenvalue weighted by Crippen LogP contribution is 2.36. The average molecular weight is 473 g/mol. The third kappa shape index (κ3) is 5.59. The summed E-state index contributed by atoms with van der Waals surface area (Å²) in [6, 6.07) is 17.7. The summed E-state index contributed by atoms with van der Waals surface area (Å²) in [4.78, 5) is 22.3. The molecule has 0 bridgehead atoms. The van der Waals surface area contributed by atoms with Gasteiger partial charge in [0.1, 0.15) is 0 Å². The van der Waals surface area contributed by atoms with Crippen molar-refractivity contribution in [2.45, 2.75) is 45.1 Å². The molecule has 184 valence electrons. The fourth-order valence-electron chi connectivity index (χ4n) is 5.39. The molecule has 3 aromatic rings. The molecule has 3 heterocycles. The van der Waals surface area contributed by atoms with Gasteiger partial charge in [0.2, 0.25) is 0 Å². The third-order valence-electron chi connectivity index (χ3n) is 7.38. The molecule has 35 heavy (non-hydrogen) atoms. The van der Waals surface area contributed by atoms with E-state index in [4.69, 9.17) is 9.72 Å². The number of carbonyl (C=O) groups is 1. The highest BCUT2D eigenvalue weighted by atomic mass is 16.5. The summed E-state index contributed by atoms with van der Waals surface area (Å²) in [5.74, 6) is 0.509. The van der Waals surface area contributed by atoms with E-state index in [2.05, 4.69) is 78.0 Å². The predicted octanol–water partition coefficient (Wildman–Crippen LogP) is 4.83. The standard InChI is InChI=1S/C29H36N4O2/c1-3-23-7-9-25(10-8-23)26-16-27(19-33(18-26)29(34)32-11-13-35-14-12-32)28-20-31(21-30-28)17-24-6-4-5-22(2)15-24/h4-10,15,20-21,26-27H,3,11-14,16-19H2,1-2H3. The molecule has 2 aliphatic heterocycles. The van der Waals surface area contributed by atoms with Gasteiger partial charge in [0, 0.05) is 50.8 Å². The number of morpholine rings is 1. The van der Waals surface area contributed by atoms with Crippen molar-refractivity contribution in [3.05, 3.63) is 89.0 Å². The largest absolute Gasteiger partial charge is 0.378 e. The van der Waals surface area contributed by atoms with Crippen molar-refractivity contribution in [2.24, 2.45) is 0 Å².